The minimum Gasteiger partial charge on any atom is -0.334 e. The first-order valence-corrected chi connectivity index (χ1v) is 11.8. The summed E-state index contributed by atoms with van der Waals surface area (Å²) in [5, 5.41) is 15.3. The van der Waals surface area contributed by atoms with Gasteiger partial charge in [0.1, 0.15) is 5.82 Å². The third kappa shape index (κ3) is 7.17. The van der Waals surface area contributed by atoms with E-state index in [9.17, 15) is 8.96 Å². The summed E-state index contributed by atoms with van der Waals surface area (Å²) < 4.78 is 38.8. The Bertz CT molecular complexity index is 757. The number of unbranched alkanes of at least 4 members (excludes halogenated alkanes) is 2. The summed E-state index contributed by atoms with van der Waals surface area (Å²) in [6, 6.07) is 5.74. The van der Waals surface area contributed by atoms with E-state index in [4.69, 9.17) is 9.05 Å². The molecule has 0 spiro atoms. The predicted octanol–water partition coefficient (Wildman–Crippen LogP) is 5.16. The smallest absolute Gasteiger partial charge is 0.334 e. The van der Waals surface area contributed by atoms with E-state index < -0.39 is 13.4 Å². The molecular formula is C19H31FN5O3P. The van der Waals surface area contributed by atoms with Crippen LogP contribution in [0.2, 0.25) is 0 Å². The molecule has 162 valence electrons. The summed E-state index contributed by atoms with van der Waals surface area (Å²) in [5.41, 5.74) is 0.564. The number of hydrogen-bond acceptors (Lipinski definition) is 7. The number of aromatic nitrogens is 4. The first kappa shape index (κ1) is 23.4. The van der Waals surface area contributed by atoms with Gasteiger partial charge in [0, 0.05) is 0 Å². The zero-order chi connectivity index (χ0) is 21.1. The maximum absolute atomic E-state index is 13.8. The fourth-order valence-corrected chi connectivity index (χ4v) is 4.52. The summed E-state index contributed by atoms with van der Waals surface area (Å²) in [7, 11) is -3.65. The lowest BCUT2D eigenvalue weighted by molar-refractivity contribution is 0.194. The van der Waals surface area contributed by atoms with Gasteiger partial charge in [-0.15, -0.1) is 5.10 Å². The van der Waals surface area contributed by atoms with Crippen LogP contribution < -0.4 is 5.32 Å². The van der Waals surface area contributed by atoms with E-state index in [0.29, 0.717) is 25.3 Å². The first-order chi connectivity index (χ1) is 14.0. The molecule has 2 aromatic rings. The number of tetrazole rings is 1. The van der Waals surface area contributed by atoms with Crippen LogP contribution in [0.25, 0.3) is 0 Å². The van der Waals surface area contributed by atoms with Crippen LogP contribution in [-0.2, 0) is 20.2 Å². The lowest BCUT2D eigenvalue weighted by Crippen LogP contribution is -2.17. The molecule has 1 aromatic carbocycles. The highest BCUT2D eigenvalue weighted by Crippen LogP contribution is 2.60. The Balaban J connectivity index is 2.33. The quantitative estimate of drug-likeness (QED) is 0.329. The molecule has 0 aliphatic heterocycles. The third-order valence-electron chi connectivity index (χ3n) is 4.18. The van der Waals surface area contributed by atoms with Crippen LogP contribution in [-0.4, -0.2) is 33.4 Å². The predicted molar refractivity (Wildman–Crippen MR) is 110 cm³/mol. The van der Waals surface area contributed by atoms with E-state index in [1.54, 1.807) is 12.1 Å². The fraction of sp³-hybridized carbons (Fsp3) is 0.632. The molecule has 1 aromatic heterocycles. The Morgan fingerprint density at radius 3 is 2.24 bits per heavy atom. The van der Waals surface area contributed by atoms with Gasteiger partial charge in [0.2, 0.25) is 0 Å². The second kappa shape index (κ2) is 12.0. The molecular weight excluding hydrogens is 396 g/mol. The van der Waals surface area contributed by atoms with Gasteiger partial charge in [-0.3, -0.25) is 4.57 Å². The Morgan fingerprint density at radius 1 is 1.07 bits per heavy atom. The summed E-state index contributed by atoms with van der Waals surface area (Å²) in [6.45, 7) is 7.28. The second-order valence-electron chi connectivity index (χ2n) is 6.72. The number of halogens is 1. The van der Waals surface area contributed by atoms with Crippen LogP contribution >= 0.6 is 7.60 Å². The van der Waals surface area contributed by atoms with Gasteiger partial charge in [-0.05, 0) is 42.2 Å². The molecule has 0 aliphatic carbocycles. The monoisotopic (exact) mass is 427 g/mol. The Kier molecular flexibility index (Phi) is 9.70. The normalized spacial score (nSPS) is 12.8. The largest absolute Gasteiger partial charge is 0.357 e. The van der Waals surface area contributed by atoms with Crippen molar-refractivity contribution in [1.29, 1.82) is 0 Å². The lowest BCUT2D eigenvalue weighted by atomic mass is 10.2. The standard InChI is InChI=1S/C19H31FN5O3P/c1-4-7-14-27-29(26,28-15-8-5-2)18(16-9-11-17(20)12-10-16)21-19-22-24-25(23-19)13-6-3/h9-12,18H,4-8,13-15H2,1-3H3,(H,21,23). The average Bonchev–Trinajstić information content (AvgIpc) is 3.15. The van der Waals surface area contributed by atoms with Crippen molar-refractivity contribution in [3.05, 3.63) is 35.6 Å². The summed E-state index contributed by atoms with van der Waals surface area (Å²) in [4.78, 5) is 1.46. The number of anilines is 1. The highest BCUT2D eigenvalue weighted by Gasteiger charge is 2.38. The summed E-state index contributed by atoms with van der Waals surface area (Å²) >= 11 is 0. The van der Waals surface area contributed by atoms with E-state index >= 15 is 0 Å². The average molecular weight is 427 g/mol. The van der Waals surface area contributed by atoms with Gasteiger partial charge >= 0.3 is 7.60 Å². The molecule has 2 rings (SSSR count). The zero-order valence-corrected chi connectivity index (χ0v) is 18.3. The number of nitrogens with one attached hydrogen (secondary N) is 1. The Morgan fingerprint density at radius 2 is 1.69 bits per heavy atom. The molecule has 0 fully saturated rings. The molecule has 0 radical (unpaired) electrons. The Labute approximate surface area is 171 Å². The van der Waals surface area contributed by atoms with Gasteiger partial charge in [-0.25, -0.2) is 4.39 Å². The molecule has 0 bridgehead atoms. The summed E-state index contributed by atoms with van der Waals surface area (Å²) in [6.07, 6.45) is 4.16. The highest BCUT2D eigenvalue weighted by molar-refractivity contribution is 7.54. The number of benzene rings is 1. The SMILES string of the molecule is CCCCOP(=O)(OCCCC)C(Nc1nnn(CCC)n1)c1ccc(F)cc1. The van der Waals surface area contributed by atoms with Crippen LogP contribution in [0, 0.1) is 5.82 Å². The lowest BCUT2D eigenvalue weighted by Gasteiger charge is -2.27. The molecule has 0 aliphatic rings. The number of nitrogens with zero attached hydrogens (tertiary/aromatic N) is 4. The minimum absolute atomic E-state index is 0.214. The second-order valence-corrected chi connectivity index (χ2v) is 8.83. The van der Waals surface area contributed by atoms with Crippen molar-refractivity contribution < 1.29 is 18.0 Å². The Hall–Kier alpha value is -1.83. The van der Waals surface area contributed by atoms with Gasteiger partial charge < -0.3 is 14.4 Å². The van der Waals surface area contributed by atoms with Gasteiger partial charge in [-0.1, -0.05) is 50.8 Å². The number of rotatable bonds is 14. The highest BCUT2D eigenvalue weighted by atomic mass is 31.2. The summed E-state index contributed by atoms with van der Waals surface area (Å²) in [5.74, 6) is -1.05. The van der Waals surface area contributed by atoms with Crippen molar-refractivity contribution in [3.63, 3.8) is 0 Å². The molecule has 10 heteroatoms. The van der Waals surface area contributed by atoms with E-state index in [2.05, 4.69) is 20.7 Å². The third-order valence-corrected chi connectivity index (χ3v) is 6.33. The van der Waals surface area contributed by atoms with Crippen molar-refractivity contribution in [3.8, 4) is 0 Å². The molecule has 1 atom stereocenters. The molecule has 1 unspecified atom stereocenters. The van der Waals surface area contributed by atoms with Crippen molar-refractivity contribution in [2.24, 2.45) is 0 Å². The van der Waals surface area contributed by atoms with Crippen LogP contribution in [0.3, 0.4) is 0 Å². The topological polar surface area (TPSA) is 91.2 Å². The van der Waals surface area contributed by atoms with Crippen molar-refractivity contribution >= 4 is 13.5 Å². The maximum atomic E-state index is 13.8. The maximum Gasteiger partial charge on any atom is 0.357 e. The van der Waals surface area contributed by atoms with Crippen molar-refractivity contribution in [1.82, 2.24) is 20.2 Å². The molecule has 29 heavy (non-hydrogen) atoms. The molecule has 0 amide bonds. The molecule has 8 nitrogen and oxygen atoms in total. The zero-order valence-electron chi connectivity index (χ0n) is 17.4. The van der Waals surface area contributed by atoms with Crippen LogP contribution in [0.5, 0.6) is 0 Å². The molecule has 1 heterocycles. The van der Waals surface area contributed by atoms with Crippen LogP contribution in [0.4, 0.5) is 10.3 Å². The van der Waals surface area contributed by atoms with Crippen molar-refractivity contribution in [2.45, 2.75) is 65.2 Å². The molecule has 0 saturated carbocycles. The fourth-order valence-electron chi connectivity index (χ4n) is 2.57. The number of aryl methyl sites for hydroxylation is 1. The first-order valence-electron chi connectivity index (χ1n) is 10.2. The minimum atomic E-state index is -3.65. The van der Waals surface area contributed by atoms with E-state index in [0.717, 1.165) is 32.1 Å². The van der Waals surface area contributed by atoms with E-state index in [-0.39, 0.29) is 11.8 Å². The van der Waals surface area contributed by atoms with Crippen LogP contribution in [0.15, 0.2) is 24.3 Å². The van der Waals surface area contributed by atoms with Gasteiger partial charge in [0.15, 0.2) is 5.78 Å². The molecule has 1 N–H and O–H groups in total. The van der Waals surface area contributed by atoms with E-state index in [1.165, 1.54) is 16.9 Å². The van der Waals surface area contributed by atoms with E-state index in [1.807, 2.05) is 20.8 Å². The van der Waals surface area contributed by atoms with Gasteiger partial charge in [-0.2, -0.15) is 4.80 Å². The van der Waals surface area contributed by atoms with Crippen molar-refractivity contribution in [2.75, 3.05) is 18.5 Å². The molecule has 0 saturated heterocycles. The van der Waals surface area contributed by atoms with Crippen LogP contribution in [0.1, 0.15) is 64.2 Å². The number of hydrogen-bond donors (Lipinski definition) is 1. The van der Waals surface area contributed by atoms with Gasteiger partial charge in [0.25, 0.3) is 5.95 Å². The van der Waals surface area contributed by atoms with Gasteiger partial charge in [0.05, 0.1) is 19.8 Å².